The maximum absolute atomic E-state index is 12.9. The molecule has 0 saturated heterocycles. The van der Waals surface area contributed by atoms with E-state index in [1.807, 2.05) is 6.07 Å². The Kier molecular flexibility index (Phi) is 6.02. The summed E-state index contributed by atoms with van der Waals surface area (Å²) in [7, 11) is 0. The van der Waals surface area contributed by atoms with E-state index in [1.165, 1.54) is 31.4 Å². The van der Waals surface area contributed by atoms with Gasteiger partial charge in [0.25, 0.3) is 0 Å². The van der Waals surface area contributed by atoms with Gasteiger partial charge in [-0.3, -0.25) is 0 Å². The minimum Gasteiger partial charge on any atom is -0.385 e. The summed E-state index contributed by atoms with van der Waals surface area (Å²) in [6, 6.07) is 6.78. The molecule has 32 heavy (non-hydrogen) atoms. The van der Waals surface area contributed by atoms with Crippen molar-refractivity contribution in [3.8, 4) is 6.07 Å². The number of benzene rings is 1. The van der Waals surface area contributed by atoms with Crippen LogP contribution in [0.3, 0.4) is 0 Å². The summed E-state index contributed by atoms with van der Waals surface area (Å²) in [5, 5.41) is 22.9. The number of halogens is 3. The lowest BCUT2D eigenvalue weighted by molar-refractivity contribution is -0.137. The summed E-state index contributed by atoms with van der Waals surface area (Å²) in [6.45, 7) is 2.38. The van der Waals surface area contributed by atoms with Crippen LogP contribution in [0.15, 0.2) is 24.3 Å². The molecule has 0 aliphatic heterocycles. The predicted molar refractivity (Wildman–Crippen MR) is 112 cm³/mol. The largest absolute Gasteiger partial charge is 0.416 e. The first-order valence-electron chi connectivity index (χ1n) is 10.5. The normalized spacial score (nSPS) is 15.4. The van der Waals surface area contributed by atoms with Crippen LogP contribution >= 0.6 is 0 Å². The minimum atomic E-state index is -4.41. The first-order chi connectivity index (χ1) is 15.3. The van der Waals surface area contributed by atoms with Crippen LogP contribution in [0.1, 0.15) is 61.5 Å². The summed E-state index contributed by atoms with van der Waals surface area (Å²) >= 11 is 0. The zero-order valence-corrected chi connectivity index (χ0v) is 17.5. The molecular formula is C22H23F3N6O. The number of imidazole rings is 1. The molecule has 1 saturated carbocycles. The maximum Gasteiger partial charge on any atom is 0.416 e. The zero-order chi connectivity index (χ0) is 22.9. The lowest BCUT2D eigenvalue weighted by Crippen LogP contribution is -2.17. The average Bonchev–Trinajstić information content (AvgIpc) is 3.08. The standard InChI is InChI=1S/C22H23F3N6O/c1-13(32)21-30-20-18(31(21)12-15-5-7-16(8-6-15)22(23,24)25)19(28-17(11-26)29-20)27-10-9-14-3-2-4-14/h5-8,13-14,32H,2-4,9-10,12H2,1H3,(H,27,28,29)/t13-/m1/s1. The van der Waals surface area contributed by atoms with Crippen molar-refractivity contribution in [3.63, 3.8) is 0 Å². The SMILES string of the molecule is C[C@@H](O)c1nc2nc(C#N)nc(NCCC3CCC3)c2n1Cc1ccc(C(F)(F)F)cc1. The maximum atomic E-state index is 12.9. The average molecular weight is 444 g/mol. The van der Waals surface area contributed by atoms with Crippen molar-refractivity contribution in [1.82, 2.24) is 19.5 Å². The van der Waals surface area contributed by atoms with Gasteiger partial charge in [-0.25, -0.2) is 4.98 Å². The molecule has 0 bridgehead atoms. The molecular weight excluding hydrogens is 421 g/mol. The lowest BCUT2D eigenvalue weighted by atomic mass is 9.83. The van der Waals surface area contributed by atoms with Gasteiger partial charge in [0.15, 0.2) is 11.5 Å². The van der Waals surface area contributed by atoms with Gasteiger partial charge in [0.2, 0.25) is 5.82 Å². The molecule has 2 N–H and O–H groups in total. The summed E-state index contributed by atoms with van der Waals surface area (Å²) in [5.41, 5.74) is 0.635. The Morgan fingerprint density at radius 1 is 1.22 bits per heavy atom. The van der Waals surface area contributed by atoms with Crippen molar-refractivity contribution in [2.45, 2.75) is 51.4 Å². The van der Waals surface area contributed by atoms with Crippen LogP contribution in [0.4, 0.5) is 19.0 Å². The second-order valence-electron chi connectivity index (χ2n) is 8.12. The van der Waals surface area contributed by atoms with Gasteiger partial charge in [0.1, 0.15) is 23.5 Å². The quantitative estimate of drug-likeness (QED) is 0.560. The molecule has 168 valence electrons. The van der Waals surface area contributed by atoms with Crippen molar-refractivity contribution in [3.05, 3.63) is 47.0 Å². The third-order valence-corrected chi connectivity index (χ3v) is 5.80. The third-order valence-electron chi connectivity index (χ3n) is 5.80. The first-order valence-corrected chi connectivity index (χ1v) is 10.5. The van der Waals surface area contributed by atoms with Crippen LogP contribution < -0.4 is 5.32 Å². The molecule has 1 aromatic carbocycles. The number of aliphatic hydroxyl groups is 1. The first kappa shape index (κ1) is 22.0. The summed E-state index contributed by atoms with van der Waals surface area (Å²) in [5.74, 6) is 1.36. The third kappa shape index (κ3) is 4.53. The summed E-state index contributed by atoms with van der Waals surface area (Å²) in [6.07, 6.45) is -0.719. The Hall–Kier alpha value is -3.19. The number of hydrogen-bond donors (Lipinski definition) is 2. The van der Waals surface area contributed by atoms with Crippen LogP contribution in [0.25, 0.3) is 11.2 Å². The van der Waals surface area contributed by atoms with E-state index in [9.17, 15) is 23.5 Å². The van der Waals surface area contributed by atoms with Gasteiger partial charge >= 0.3 is 6.18 Å². The number of aliphatic hydroxyl groups excluding tert-OH is 1. The molecule has 2 heterocycles. The summed E-state index contributed by atoms with van der Waals surface area (Å²) in [4.78, 5) is 12.9. The minimum absolute atomic E-state index is 0.0417. The number of nitrogens with one attached hydrogen (secondary N) is 1. The Morgan fingerprint density at radius 3 is 2.50 bits per heavy atom. The highest BCUT2D eigenvalue weighted by Crippen LogP contribution is 2.31. The highest BCUT2D eigenvalue weighted by atomic mass is 19.4. The molecule has 1 fully saturated rings. The summed E-state index contributed by atoms with van der Waals surface area (Å²) < 4.78 is 40.4. The molecule has 0 spiro atoms. The van der Waals surface area contributed by atoms with E-state index in [0.29, 0.717) is 35.2 Å². The van der Waals surface area contributed by atoms with Gasteiger partial charge < -0.3 is 15.0 Å². The predicted octanol–water partition coefficient (Wildman–Crippen LogP) is 4.42. The van der Waals surface area contributed by atoms with Gasteiger partial charge in [-0.2, -0.15) is 28.4 Å². The molecule has 7 nitrogen and oxygen atoms in total. The molecule has 10 heteroatoms. The fourth-order valence-electron chi connectivity index (χ4n) is 3.86. The van der Waals surface area contributed by atoms with Gasteiger partial charge in [-0.1, -0.05) is 31.4 Å². The van der Waals surface area contributed by atoms with Gasteiger partial charge in [0, 0.05) is 13.1 Å². The zero-order valence-electron chi connectivity index (χ0n) is 17.5. The molecule has 0 amide bonds. The molecule has 1 aliphatic rings. The monoisotopic (exact) mass is 444 g/mol. The smallest absolute Gasteiger partial charge is 0.385 e. The van der Waals surface area contributed by atoms with Crippen molar-refractivity contribution in [2.24, 2.45) is 5.92 Å². The molecule has 0 radical (unpaired) electrons. The van der Waals surface area contributed by atoms with Crippen molar-refractivity contribution in [2.75, 3.05) is 11.9 Å². The number of rotatable bonds is 7. The van der Waals surface area contributed by atoms with Crippen molar-refractivity contribution >= 4 is 17.0 Å². The van der Waals surface area contributed by atoms with E-state index in [2.05, 4.69) is 20.3 Å². The second kappa shape index (κ2) is 8.74. The molecule has 2 aromatic heterocycles. The topological polar surface area (TPSA) is 99.7 Å². The number of alkyl halides is 3. The molecule has 4 rings (SSSR count). The van der Waals surface area contributed by atoms with Crippen LogP contribution in [-0.4, -0.2) is 31.2 Å². The number of nitrogens with zero attached hydrogens (tertiary/aromatic N) is 5. The lowest BCUT2D eigenvalue weighted by Gasteiger charge is -2.25. The molecule has 1 atom stereocenters. The number of hydrogen-bond acceptors (Lipinski definition) is 6. The van der Waals surface area contributed by atoms with E-state index in [0.717, 1.165) is 18.6 Å². The van der Waals surface area contributed by atoms with E-state index in [1.54, 1.807) is 11.5 Å². The van der Waals surface area contributed by atoms with Crippen LogP contribution in [0.2, 0.25) is 0 Å². The molecule has 3 aromatic rings. The fourth-order valence-corrected chi connectivity index (χ4v) is 3.86. The van der Waals surface area contributed by atoms with E-state index in [-0.39, 0.29) is 18.0 Å². The Balaban J connectivity index is 1.72. The number of nitriles is 1. The van der Waals surface area contributed by atoms with Crippen LogP contribution in [-0.2, 0) is 12.7 Å². The Bertz CT molecular complexity index is 1140. The van der Waals surface area contributed by atoms with Crippen LogP contribution in [0, 0.1) is 17.2 Å². The molecule has 0 unspecified atom stereocenters. The van der Waals surface area contributed by atoms with Crippen molar-refractivity contribution in [1.29, 1.82) is 5.26 Å². The van der Waals surface area contributed by atoms with Crippen molar-refractivity contribution < 1.29 is 18.3 Å². The molecule has 1 aliphatic carbocycles. The van der Waals surface area contributed by atoms with E-state index in [4.69, 9.17) is 0 Å². The Labute approximate surface area is 182 Å². The highest BCUT2D eigenvalue weighted by molar-refractivity contribution is 5.84. The van der Waals surface area contributed by atoms with E-state index < -0.39 is 17.8 Å². The van der Waals surface area contributed by atoms with Gasteiger partial charge in [0.05, 0.1) is 5.56 Å². The number of fused-ring (bicyclic) bond motifs is 1. The number of anilines is 1. The highest BCUT2D eigenvalue weighted by Gasteiger charge is 2.30. The van der Waals surface area contributed by atoms with Crippen LogP contribution in [0.5, 0.6) is 0 Å². The van der Waals surface area contributed by atoms with Gasteiger partial charge in [-0.15, -0.1) is 0 Å². The fraction of sp³-hybridized carbons (Fsp3) is 0.455. The second-order valence-corrected chi connectivity index (χ2v) is 8.12. The Morgan fingerprint density at radius 2 is 1.94 bits per heavy atom. The van der Waals surface area contributed by atoms with Gasteiger partial charge in [-0.05, 0) is 37.0 Å². The van der Waals surface area contributed by atoms with E-state index >= 15 is 0 Å². The number of aromatic nitrogens is 4.